The molecule has 0 aromatic heterocycles. The van der Waals surface area contributed by atoms with E-state index < -0.39 is 21.5 Å². The number of hydrogen-bond acceptors (Lipinski definition) is 4. The minimum absolute atomic E-state index is 0.0299. The molecule has 0 radical (unpaired) electrons. The van der Waals surface area contributed by atoms with Crippen LogP contribution >= 0.6 is 0 Å². The van der Waals surface area contributed by atoms with Crippen molar-refractivity contribution < 1.29 is 17.6 Å². The molecule has 20 heavy (non-hydrogen) atoms. The smallest absolute Gasteiger partial charge is 0.316 e. The van der Waals surface area contributed by atoms with Gasteiger partial charge in [0.2, 0.25) is 10.0 Å². The molecule has 112 valence electrons. The van der Waals surface area contributed by atoms with Gasteiger partial charge in [-0.25, -0.2) is 22.3 Å². The minimum atomic E-state index is -3.91. The summed E-state index contributed by atoms with van der Waals surface area (Å²) in [5.74, 6) is -0.797. The van der Waals surface area contributed by atoms with Crippen LogP contribution in [0.4, 0.5) is 14.9 Å². The summed E-state index contributed by atoms with van der Waals surface area (Å²) in [4.78, 5) is 12.2. The average Bonchev–Trinajstić information content (AvgIpc) is 2.37. The van der Waals surface area contributed by atoms with E-state index in [0.717, 1.165) is 6.07 Å². The van der Waals surface area contributed by atoms with Gasteiger partial charge in [0.15, 0.2) is 0 Å². The third kappa shape index (κ3) is 4.07. The topological polar surface area (TPSA) is 105 Å². The molecule has 0 fully saturated rings. The Bertz CT molecular complexity index is 589. The first-order valence-corrected chi connectivity index (χ1v) is 7.23. The van der Waals surface area contributed by atoms with Crippen molar-refractivity contribution in [1.29, 1.82) is 0 Å². The summed E-state index contributed by atoms with van der Waals surface area (Å²) in [6.07, 6.45) is 0. The standard InChI is InChI=1S/C11H17FN4O3S/c1-16(2)11(17)14-6-7-15-20(18,19)9-5-3-4-8(12)10(9)13/h3-5,15H,6-7,13H2,1-2H3,(H,14,17). The number of halogens is 1. The first kappa shape index (κ1) is 16.2. The molecule has 1 aromatic rings. The highest BCUT2D eigenvalue weighted by Crippen LogP contribution is 2.20. The van der Waals surface area contributed by atoms with E-state index in [0.29, 0.717) is 0 Å². The fourth-order valence-corrected chi connectivity index (χ4v) is 2.51. The molecule has 0 bridgehead atoms. The van der Waals surface area contributed by atoms with E-state index in [1.54, 1.807) is 14.1 Å². The summed E-state index contributed by atoms with van der Waals surface area (Å²) >= 11 is 0. The van der Waals surface area contributed by atoms with Crippen molar-refractivity contribution in [3.05, 3.63) is 24.0 Å². The van der Waals surface area contributed by atoms with Crippen molar-refractivity contribution in [2.24, 2.45) is 0 Å². The van der Waals surface area contributed by atoms with Gasteiger partial charge >= 0.3 is 6.03 Å². The maximum Gasteiger partial charge on any atom is 0.316 e. The lowest BCUT2D eigenvalue weighted by molar-refractivity contribution is 0.217. The number of urea groups is 1. The zero-order valence-electron chi connectivity index (χ0n) is 11.2. The van der Waals surface area contributed by atoms with Gasteiger partial charge in [-0.05, 0) is 12.1 Å². The van der Waals surface area contributed by atoms with E-state index in [1.165, 1.54) is 17.0 Å². The van der Waals surface area contributed by atoms with E-state index >= 15 is 0 Å². The van der Waals surface area contributed by atoms with Gasteiger partial charge < -0.3 is 16.0 Å². The van der Waals surface area contributed by atoms with Crippen LogP contribution in [-0.2, 0) is 10.0 Å². The predicted octanol–water partition coefficient (Wildman–Crippen LogP) is -0.0426. The molecule has 2 amide bonds. The SMILES string of the molecule is CN(C)C(=O)NCCNS(=O)(=O)c1cccc(F)c1N. The number of rotatable bonds is 5. The molecule has 0 atom stereocenters. The highest BCUT2D eigenvalue weighted by Gasteiger charge is 2.18. The van der Waals surface area contributed by atoms with Crippen LogP contribution in [-0.4, -0.2) is 46.5 Å². The number of amides is 2. The molecule has 9 heteroatoms. The second-order valence-corrected chi connectivity index (χ2v) is 5.91. The quantitative estimate of drug-likeness (QED) is 0.524. The third-order valence-electron chi connectivity index (χ3n) is 2.40. The van der Waals surface area contributed by atoms with E-state index in [4.69, 9.17) is 5.73 Å². The Morgan fingerprint density at radius 2 is 2.00 bits per heavy atom. The number of nitrogen functional groups attached to an aromatic ring is 1. The van der Waals surface area contributed by atoms with Crippen LogP contribution in [0.3, 0.4) is 0 Å². The molecular formula is C11H17FN4O3S. The zero-order chi connectivity index (χ0) is 15.3. The largest absolute Gasteiger partial charge is 0.395 e. The maximum atomic E-state index is 13.2. The van der Waals surface area contributed by atoms with Gasteiger partial charge in [-0.15, -0.1) is 0 Å². The number of nitrogens with two attached hydrogens (primary N) is 1. The van der Waals surface area contributed by atoms with Gasteiger partial charge in [0.05, 0.1) is 5.69 Å². The van der Waals surface area contributed by atoms with E-state index in [9.17, 15) is 17.6 Å². The molecule has 0 unspecified atom stereocenters. The Kier molecular flexibility index (Phi) is 5.28. The number of sulfonamides is 1. The highest BCUT2D eigenvalue weighted by molar-refractivity contribution is 7.89. The lowest BCUT2D eigenvalue weighted by Gasteiger charge is -2.13. The van der Waals surface area contributed by atoms with Crippen molar-refractivity contribution in [3.8, 4) is 0 Å². The Hall–Kier alpha value is -1.87. The summed E-state index contributed by atoms with van der Waals surface area (Å²) in [5.41, 5.74) is 4.96. The number of carbonyl (C=O) groups is 1. The molecule has 7 nitrogen and oxygen atoms in total. The number of hydrogen-bond donors (Lipinski definition) is 3. The normalized spacial score (nSPS) is 11.2. The van der Waals surface area contributed by atoms with Crippen LogP contribution in [0, 0.1) is 5.82 Å². The van der Waals surface area contributed by atoms with Crippen molar-refractivity contribution in [1.82, 2.24) is 14.9 Å². The Balaban J connectivity index is 2.63. The summed E-state index contributed by atoms with van der Waals surface area (Å²) < 4.78 is 39.2. The van der Waals surface area contributed by atoms with Gasteiger partial charge in [-0.2, -0.15) is 0 Å². The van der Waals surface area contributed by atoms with Crippen LogP contribution in [0.15, 0.2) is 23.1 Å². The Labute approximate surface area is 117 Å². The van der Waals surface area contributed by atoms with Crippen LogP contribution in [0.25, 0.3) is 0 Å². The first-order chi connectivity index (χ1) is 9.25. The molecule has 0 spiro atoms. The molecule has 0 saturated heterocycles. The Morgan fingerprint density at radius 1 is 1.35 bits per heavy atom. The molecule has 0 saturated carbocycles. The molecule has 1 rings (SSSR count). The van der Waals surface area contributed by atoms with Gasteiger partial charge in [0, 0.05) is 27.2 Å². The van der Waals surface area contributed by atoms with Crippen molar-refractivity contribution >= 4 is 21.7 Å². The molecule has 0 heterocycles. The summed E-state index contributed by atoms with van der Waals surface area (Å²) in [6.45, 7) is 0.0727. The van der Waals surface area contributed by atoms with Crippen LogP contribution in [0.2, 0.25) is 0 Å². The number of para-hydroxylation sites is 1. The van der Waals surface area contributed by atoms with Gasteiger partial charge in [0.25, 0.3) is 0 Å². The van der Waals surface area contributed by atoms with Gasteiger partial charge in [-0.1, -0.05) is 6.07 Å². The number of nitrogens with zero attached hydrogens (tertiary/aromatic N) is 1. The van der Waals surface area contributed by atoms with E-state index in [1.807, 2.05) is 0 Å². The van der Waals surface area contributed by atoms with Crippen LogP contribution in [0.5, 0.6) is 0 Å². The zero-order valence-corrected chi connectivity index (χ0v) is 12.0. The number of nitrogens with one attached hydrogen (secondary N) is 2. The van der Waals surface area contributed by atoms with Crippen molar-refractivity contribution in [2.45, 2.75) is 4.90 Å². The fourth-order valence-electron chi connectivity index (χ4n) is 1.34. The fraction of sp³-hybridized carbons (Fsp3) is 0.364. The van der Waals surface area contributed by atoms with Crippen molar-refractivity contribution in [3.63, 3.8) is 0 Å². The molecule has 1 aromatic carbocycles. The third-order valence-corrected chi connectivity index (χ3v) is 3.92. The summed E-state index contributed by atoms with van der Waals surface area (Å²) in [6, 6.07) is 3.20. The van der Waals surface area contributed by atoms with Crippen molar-refractivity contribution in [2.75, 3.05) is 32.9 Å². The molecule has 0 aliphatic heterocycles. The minimum Gasteiger partial charge on any atom is -0.395 e. The molecule has 0 aliphatic rings. The summed E-state index contributed by atoms with van der Waals surface area (Å²) in [7, 11) is -0.787. The van der Waals surface area contributed by atoms with Crippen LogP contribution < -0.4 is 15.8 Å². The molecule has 0 aliphatic carbocycles. The van der Waals surface area contributed by atoms with Gasteiger partial charge in [0.1, 0.15) is 10.7 Å². The van der Waals surface area contributed by atoms with E-state index in [-0.39, 0.29) is 24.0 Å². The Morgan fingerprint density at radius 3 is 2.60 bits per heavy atom. The summed E-state index contributed by atoms with van der Waals surface area (Å²) in [5, 5.41) is 2.49. The number of benzene rings is 1. The second kappa shape index (κ2) is 6.53. The first-order valence-electron chi connectivity index (χ1n) is 5.74. The number of carbonyl (C=O) groups excluding carboxylic acids is 1. The van der Waals surface area contributed by atoms with E-state index in [2.05, 4.69) is 10.0 Å². The molecular weight excluding hydrogens is 287 g/mol. The van der Waals surface area contributed by atoms with Crippen LogP contribution in [0.1, 0.15) is 0 Å². The predicted molar refractivity (Wildman–Crippen MR) is 73.1 cm³/mol. The highest BCUT2D eigenvalue weighted by atomic mass is 32.2. The van der Waals surface area contributed by atoms with Gasteiger partial charge in [-0.3, -0.25) is 0 Å². The lowest BCUT2D eigenvalue weighted by atomic mass is 10.3. The maximum absolute atomic E-state index is 13.2. The monoisotopic (exact) mass is 304 g/mol. The average molecular weight is 304 g/mol. The lowest BCUT2D eigenvalue weighted by Crippen LogP contribution is -2.39. The second-order valence-electron chi connectivity index (χ2n) is 4.18. The molecule has 4 N–H and O–H groups in total. The number of anilines is 1.